The highest BCUT2D eigenvalue weighted by Gasteiger charge is 2.25. The van der Waals surface area contributed by atoms with Gasteiger partial charge >= 0.3 is 0 Å². The Kier molecular flexibility index (Phi) is 6.28. The molecule has 0 unspecified atom stereocenters. The molecule has 3 aromatic rings. The summed E-state index contributed by atoms with van der Waals surface area (Å²) in [6, 6.07) is 8.06. The number of rotatable bonds is 7. The van der Waals surface area contributed by atoms with E-state index in [4.69, 9.17) is 0 Å². The number of benzene rings is 1. The van der Waals surface area contributed by atoms with Crippen molar-refractivity contribution in [1.29, 1.82) is 0 Å². The number of halogens is 1. The number of anilines is 1. The van der Waals surface area contributed by atoms with E-state index in [1.165, 1.54) is 0 Å². The minimum absolute atomic E-state index is 0.0456. The van der Waals surface area contributed by atoms with Crippen molar-refractivity contribution in [1.82, 2.24) is 19.9 Å². The van der Waals surface area contributed by atoms with Crippen molar-refractivity contribution in [2.75, 3.05) is 38.7 Å². The lowest BCUT2D eigenvalue weighted by atomic mass is 9.90. The van der Waals surface area contributed by atoms with Gasteiger partial charge in [0.15, 0.2) is 0 Å². The maximum absolute atomic E-state index is 12.8. The molecular formula is C23H26FN5O. The SMILES string of the molecule is CNc1cncc(-c2ccc3cnc(CC(=O)C4CCN(CCF)CC4)cc3c2)n1. The Morgan fingerprint density at radius 1 is 1.17 bits per heavy atom. The Bertz CT molecular complexity index is 1030. The van der Waals surface area contributed by atoms with E-state index in [0.717, 1.165) is 53.7 Å². The Morgan fingerprint density at radius 3 is 2.77 bits per heavy atom. The molecule has 0 bridgehead atoms. The first kappa shape index (κ1) is 20.3. The highest BCUT2D eigenvalue weighted by Crippen LogP contribution is 2.25. The third-order valence-corrected chi connectivity index (χ3v) is 5.76. The third-order valence-electron chi connectivity index (χ3n) is 5.76. The second-order valence-corrected chi connectivity index (χ2v) is 7.73. The highest BCUT2D eigenvalue weighted by molar-refractivity contribution is 5.88. The van der Waals surface area contributed by atoms with E-state index in [2.05, 4.69) is 31.2 Å². The predicted octanol–water partition coefficient (Wildman–Crippen LogP) is 3.53. The van der Waals surface area contributed by atoms with Gasteiger partial charge < -0.3 is 10.2 Å². The average molecular weight is 407 g/mol. The van der Waals surface area contributed by atoms with Crippen LogP contribution < -0.4 is 5.32 Å². The van der Waals surface area contributed by atoms with Gasteiger partial charge in [0, 0.05) is 48.8 Å². The molecule has 0 radical (unpaired) electrons. The van der Waals surface area contributed by atoms with Crippen molar-refractivity contribution in [3.8, 4) is 11.3 Å². The Hall–Kier alpha value is -2.93. The van der Waals surface area contributed by atoms with E-state index in [1.807, 2.05) is 31.4 Å². The van der Waals surface area contributed by atoms with Crippen LogP contribution in [0.25, 0.3) is 22.0 Å². The summed E-state index contributed by atoms with van der Waals surface area (Å²) in [6.45, 7) is 1.73. The molecule has 1 aliphatic rings. The largest absolute Gasteiger partial charge is 0.372 e. The number of ketones is 1. The van der Waals surface area contributed by atoms with Gasteiger partial charge in [-0.1, -0.05) is 12.1 Å². The van der Waals surface area contributed by atoms with Crippen molar-refractivity contribution >= 4 is 22.4 Å². The number of carbonyl (C=O) groups excluding carboxylic acids is 1. The van der Waals surface area contributed by atoms with Crippen molar-refractivity contribution in [2.45, 2.75) is 19.3 Å². The molecule has 156 valence electrons. The predicted molar refractivity (Wildman–Crippen MR) is 116 cm³/mol. The van der Waals surface area contributed by atoms with Gasteiger partial charge in [0.25, 0.3) is 0 Å². The number of hydrogen-bond donors (Lipinski definition) is 1. The number of carbonyl (C=O) groups is 1. The fourth-order valence-corrected chi connectivity index (χ4v) is 3.99. The molecule has 3 heterocycles. The molecule has 1 saturated heterocycles. The fraction of sp³-hybridized carbons (Fsp3) is 0.391. The first-order valence-corrected chi connectivity index (χ1v) is 10.4. The summed E-state index contributed by atoms with van der Waals surface area (Å²) in [4.78, 5) is 28.1. The maximum atomic E-state index is 12.8. The molecular weight excluding hydrogens is 381 g/mol. The lowest BCUT2D eigenvalue weighted by Gasteiger charge is -2.30. The smallest absolute Gasteiger partial charge is 0.144 e. The number of alkyl halides is 1. The zero-order valence-corrected chi connectivity index (χ0v) is 17.1. The van der Waals surface area contributed by atoms with Crippen LogP contribution in [0.1, 0.15) is 18.5 Å². The van der Waals surface area contributed by atoms with Crippen LogP contribution in [0.2, 0.25) is 0 Å². The molecule has 0 saturated carbocycles. The minimum atomic E-state index is -0.327. The van der Waals surface area contributed by atoms with Crippen LogP contribution in [-0.4, -0.2) is 59.0 Å². The summed E-state index contributed by atoms with van der Waals surface area (Å²) in [5.41, 5.74) is 2.54. The molecule has 1 fully saturated rings. The molecule has 0 aliphatic carbocycles. The number of aromatic nitrogens is 3. The summed E-state index contributed by atoms with van der Waals surface area (Å²) < 4.78 is 12.5. The molecule has 30 heavy (non-hydrogen) atoms. The molecule has 7 heteroatoms. The molecule has 1 aliphatic heterocycles. The first-order valence-electron chi connectivity index (χ1n) is 10.4. The van der Waals surface area contributed by atoms with Crippen LogP contribution in [0.5, 0.6) is 0 Å². The maximum Gasteiger partial charge on any atom is 0.144 e. The van der Waals surface area contributed by atoms with Crippen molar-refractivity contribution in [3.63, 3.8) is 0 Å². The average Bonchev–Trinajstić information content (AvgIpc) is 2.79. The summed E-state index contributed by atoms with van der Waals surface area (Å²) in [5, 5.41) is 5.05. The van der Waals surface area contributed by atoms with Crippen LogP contribution >= 0.6 is 0 Å². The zero-order chi connectivity index (χ0) is 20.9. The second-order valence-electron chi connectivity index (χ2n) is 7.73. The molecule has 0 atom stereocenters. The van der Waals surface area contributed by atoms with E-state index in [-0.39, 0.29) is 18.4 Å². The van der Waals surface area contributed by atoms with E-state index in [0.29, 0.717) is 18.8 Å². The normalized spacial score (nSPS) is 15.4. The second kappa shape index (κ2) is 9.26. The van der Waals surface area contributed by atoms with Gasteiger partial charge in [0.05, 0.1) is 18.1 Å². The molecule has 0 spiro atoms. The van der Waals surface area contributed by atoms with Gasteiger partial charge in [0.1, 0.15) is 18.3 Å². The molecule has 4 rings (SSSR count). The van der Waals surface area contributed by atoms with E-state index in [1.54, 1.807) is 12.4 Å². The summed E-state index contributed by atoms with van der Waals surface area (Å²) >= 11 is 0. The lowest BCUT2D eigenvalue weighted by molar-refractivity contribution is -0.123. The Balaban J connectivity index is 1.49. The summed E-state index contributed by atoms with van der Waals surface area (Å²) in [6.07, 6.45) is 7.18. The first-order chi connectivity index (χ1) is 14.7. The molecule has 0 amide bonds. The van der Waals surface area contributed by atoms with E-state index < -0.39 is 0 Å². The lowest BCUT2D eigenvalue weighted by Crippen LogP contribution is -2.37. The standard InChI is InChI=1S/C23H26FN5O/c1-25-23-15-26-14-21(28-23)17-2-3-18-13-27-20(11-19(18)10-17)12-22(30)16-4-7-29(8-5-16)9-6-24/h2-3,10-11,13-16H,4-9,12H2,1H3,(H,25,28). The quantitative estimate of drug-likeness (QED) is 0.646. The zero-order valence-electron chi connectivity index (χ0n) is 17.1. The number of pyridine rings is 1. The van der Waals surface area contributed by atoms with Gasteiger partial charge in [-0.3, -0.25) is 14.8 Å². The molecule has 1 aromatic carbocycles. The van der Waals surface area contributed by atoms with Gasteiger partial charge in [-0.05, 0) is 43.5 Å². The number of nitrogens with zero attached hydrogens (tertiary/aromatic N) is 4. The van der Waals surface area contributed by atoms with Crippen molar-refractivity contribution < 1.29 is 9.18 Å². The van der Waals surface area contributed by atoms with E-state index in [9.17, 15) is 9.18 Å². The molecule has 2 aromatic heterocycles. The molecule has 6 nitrogen and oxygen atoms in total. The third kappa shape index (κ3) is 4.62. The topological polar surface area (TPSA) is 71.0 Å². The number of nitrogens with one attached hydrogen (secondary N) is 1. The number of likely N-dealkylation sites (tertiary alicyclic amines) is 1. The van der Waals surface area contributed by atoms with Gasteiger partial charge in [-0.25, -0.2) is 9.37 Å². The minimum Gasteiger partial charge on any atom is -0.372 e. The van der Waals surface area contributed by atoms with Crippen LogP contribution in [0.4, 0.5) is 10.2 Å². The van der Waals surface area contributed by atoms with Gasteiger partial charge in [-0.15, -0.1) is 0 Å². The number of fused-ring (bicyclic) bond motifs is 1. The van der Waals surface area contributed by atoms with Gasteiger partial charge in [-0.2, -0.15) is 0 Å². The number of hydrogen-bond acceptors (Lipinski definition) is 6. The Labute approximate surface area is 175 Å². The molecule has 1 N–H and O–H groups in total. The van der Waals surface area contributed by atoms with Crippen LogP contribution in [-0.2, 0) is 11.2 Å². The van der Waals surface area contributed by atoms with Crippen molar-refractivity contribution in [2.24, 2.45) is 5.92 Å². The Morgan fingerprint density at radius 2 is 2.00 bits per heavy atom. The summed E-state index contributed by atoms with van der Waals surface area (Å²) in [7, 11) is 1.81. The van der Waals surface area contributed by atoms with Crippen LogP contribution in [0, 0.1) is 5.92 Å². The monoisotopic (exact) mass is 407 g/mol. The van der Waals surface area contributed by atoms with Crippen LogP contribution in [0.3, 0.4) is 0 Å². The van der Waals surface area contributed by atoms with Gasteiger partial charge in [0.2, 0.25) is 0 Å². The van der Waals surface area contributed by atoms with Crippen molar-refractivity contribution in [3.05, 3.63) is 48.5 Å². The number of Topliss-reactive ketones (excluding diaryl/α,β-unsaturated/α-hetero) is 1. The fourth-order valence-electron chi connectivity index (χ4n) is 3.99. The highest BCUT2D eigenvalue weighted by atomic mass is 19.1. The van der Waals surface area contributed by atoms with Crippen LogP contribution in [0.15, 0.2) is 42.9 Å². The summed E-state index contributed by atoms with van der Waals surface area (Å²) in [5.74, 6) is 0.987. The number of piperidine rings is 1. The van der Waals surface area contributed by atoms with E-state index >= 15 is 0 Å².